The molecule has 0 fully saturated rings. The van der Waals surface area contributed by atoms with Crippen LogP contribution < -0.4 is 4.74 Å². The van der Waals surface area contributed by atoms with Crippen LogP contribution >= 0.6 is 0 Å². The van der Waals surface area contributed by atoms with Gasteiger partial charge in [-0.2, -0.15) is 0 Å². The second-order valence-corrected chi connectivity index (χ2v) is 7.64. The van der Waals surface area contributed by atoms with Gasteiger partial charge >= 0.3 is 155 Å². The second kappa shape index (κ2) is 6.68. The van der Waals surface area contributed by atoms with Gasteiger partial charge in [0.2, 0.25) is 0 Å². The molecule has 0 aliphatic rings. The molecule has 2 heteroatoms. The number of methoxy groups -OCH3 is 1. The Morgan fingerprint density at radius 3 is 2.46 bits per heavy atom. The normalized spacial score (nSPS) is 13.8. The average molecular weight is 382 g/mol. The van der Waals surface area contributed by atoms with Gasteiger partial charge < -0.3 is 0 Å². The number of hydrogen-bond acceptors (Lipinski definition) is 1. The first-order chi connectivity index (χ1) is 13.9. The van der Waals surface area contributed by atoms with Gasteiger partial charge in [0.25, 0.3) is 0 Å². The van der Waals surface area contributed by atoms with Gasteiger partial charge in [0.05, 0.1) is 0 Å². The van der Waals surface area contributed by atoms with Gasteiger partial charge in [0.1, 0.15) is 0 Å². The number of ether oxygens (including phenoxy) is 1. The molecule has 0 atom stereocenters. The summed E-state index contributed by atoms with van der Waals surface area (Å²) in [7, 11) is 1.63. The number of fused-ring (bicyclic) bond motifs is 1. The predicted molar refractivity (Wildman–Crippen MR) is 102 cm³/mol. The Bertz CT molecular complexity index is 1190. The van der Waals surface area contributed by atoms with Gasteiger partial charge in [0.15, 0.2) is 0 Å². The Balaban J connectivity index is 1.95. The van der Waals surface area contributed by atoms with Crippen LogP contribution in [0.3, 0.4) is 0 Å². The molecule has 0 spiro atoms. The van der Waals surface area contributed by atoms with Crippen LogP contribution in [0.4, 0.5) is 0 Å². The SMILES string of the molecule is [2H]c1c([2H])c([2H])c(-c2[se]c3ccccc3c2Cc2ccc(OC)cc2)c([2H])c1[2H]. The first-order valence-electron chi connectivity index (χ1n) is 10.1. The Morgan fingerprint density at radius 2 is 1.71 bits per heavy atom. The molecule has 0 saturated carbocycles. The van der Waals surface area contributed by atoms with Crippen LogP contribution in [0.25, 0.3) is 19.6 Å². The molecule has 1 heterocycles. The maximum atomic E-state index is 8.42. The van der Waals surface area contributed by atoms with Crippen LogP contribution in [-0.4, -0.2) is 21.6 Å². The van der Waals surface area contributed by atoms with Crippen molar-refractivity contribution in [1.82, 2.24) is 0 Å². The van der Waals surface area contributed by atoms with E-state index >= 15 is 0 Å². The molecule has 1 aromatic heterocycles. The number of rotatable bonds is 4. The molecule has 0 aliphatic heterocycles. The molecule has 0 bridgehead atoms. The van der Waals surface area contributed by atoms with Crippen LogP contribution in [0.15, 0.2) is 78.7 Å². The van der Waals surface area contributed by atoms with E-state index in [4.69, 9.17) is 11.6 Å². The molecule has 118 valence electrons. The van der Waals surface area contributed by atoms with Crippen molar-refractivity contribution in [2.24, 2.45) is 0 Å². The Kier molecular flexibility index (Phi) is 2.94. The molecular weight excluding hydrogens is 359 g/mol. The minimum atomic E-state index is -0.357. The van der Waals surface area contributed by atoms with E-state index in [2.05, 4.69) is 12.1 Å². The Hall–Kier alpha value is -2.28. The van der Waals surface area contributed by atoms with E-state index in [1.54, 1.807) is 7.11 Å². The maximum absolute atomic E-state index is 8.42. The van der Waals surface area contributed by atoms with Crippen molar-refractivity contribution in [3.05, 3.63) is 89.9 Å². The molecule has 4 rings (SSSR count). The molecule has 4 aromatic rings. The molecule has 0 radical (unpaired) electrons. The zero-order valence-electron chi connectivity index (χ0n) is 18.1. The molecular formula is C22H18OSe. The Labute approximate surface area is 155 Å². The quantitative estimate of drug-likeness (QED) is 0.443. The predicted octanol–water partition coefficient (Wildman–Crippen LogP) is 5.16. The van der Waals surface area contributed by atoms with Crippen LogP contribution in [0.1, 0.15) is 18.0 Å². The van der Waals surface area contributed by atoms with Gasteiger partial charge in [0, 0.05) is 0 Å². The van der Waals surface area contributed by atoms with Crippen molar-refractivity contribution < 1.29 is 11.6 Å². The van der Waals surface area contributed by atoms with Crippen molar-refractivity contribution >= 4 is 24.1 Å². The topological polar surface area (TPSA) is 9.23 Å². The third-order valence-electron chi connectivity index (χ3n) is 3.97. The summed E-state index contributed by atoms with van der Waals surface area (Å²) in [4.78, 5) is 0. The van der Waals surface area contributed by atoms with Crippen LogP contribution in [0, 0.1) is 0 Å². The van der Waals surface area contributed by atoms with E-state index in [1.807, 2.05) is 36.4 Å². The number of benzene rings is 3. The van der Waals surface area contributed by atoms with E-state index in [0.717, 1.165) is 26.7 Å². The zero-order valence-corrected chi connectivity index (χ0v) is 14.9. The zero-order chi connectivity index (χ0) is 20.7. The van der Waals surface area contributed by atoms with E-state index in [-0.39, 0.29) is 44.7 Å². The molecule has 0 aliphatic carbocycles. The fourth-order valence-electron chi connectivity index (χ4n) is 2.79. The van der Waals surface area contributed by atoms with Crippen LogP contribution in [-0.2, 0) is 6.42 Å². The summed E-state index contributed by atoms with van der Waals surface area (Å²) in [6.07, 6.45) is 0.625. The first-order valence-corrected chi connectivity index (χ1v) is 9.34. The van der Waals surface area contributed by atoms with Gasteiger partial charge in [-0.3, -0.25) is 0 Å². The van der Waals surface area contributed by atoms with E-state index < -0.39 is 0 Å². The van der Waals surface area contributed by atoms with Crippen LogP contribution in [0.2, 0.25) is 0 Å². The summed E-state index contributed by atoms with van der Waals surface area (Å²) in [5.74, 6) is 0.782. The van der Waals surface area contributed by atoms with E-state index in [9.17, 15) is 0 Å². The molecule has 0 unspecified atom stereocenters. The second-order valence-electron chi connectivity index (χ2n) is 5.43. The summed E-state index contributed by atoms with van der Waals surface area (Å²) >= 11 is -0.133. The summed E-state index contributed by atoms with van der Waals surface area (Å²) in [6, 6.07) is 14.7. The minimum absolute atomic E-state index is 0.132. The molecule has 0 saturated heterocycles. The first kappa shape index (κ1) is 10.6. The third-order valence-corrected chi connectivity index (χ3v) is 6.55. The monoisotopic (exact) mass is 383 g/mol. The van der Waals surface area contributed by atoms with Crippen molar-refractivity contribution in [2.75, 3.05) is 7.11 Å². The van der Waals surface area contributed by atoms with Crippen molar-refractivity contribution in [3.8, 4) is 15.8 Å². The fraction of sp³-hybridized carbons (Fsp3) is 0.0909. The molecule has 0 amide bonds. The molecule has 1 nitrogen and oxygen atoms in total. The summed E-state index contributed by atoms with van der Waals surface area (Å²) in [5.41, 5.74) is 2.44. The van der Waals surface area contributed by atoms with Gasteiger partial charge in [-0.15, -0.1) is 0 Å². The van der Waals surface area contributed by atoms with Gasteiger partial charge in [-0.25, -0.2) is 0 Å². The van der Waals surface area contributed by atoms with Crippen molar-refractivity contribution in [2.45, 2.75) is 6.42 Å². The molecule has 0 N–H and O–H groups in total. The summed E-state index contributed by atoms with van der Waals surface area (Å²) in [5, 5.41) is 1.10. The van der Waals surface area contributed by atoms with E-state index in [0.29, 0.717) is 12.0 Å². The summed E-state index contributed by atoms with van der Waals surface area (Å²) in [6.45, 7) is 0. The third kappa shape index (κ3) is 2.91. The molecule has 24 heavy (non-hydrogen) atoms. The summed E-state index contributed by atoms with van der Waals surface area (Å²) < 4.78 is 48.1. The van der Waals surface area contributed by atoms with Crippen molar-refractivity contribution in [3.63, 3.8) is 0 Å². The van der Waals surface area contributed by atoms with Crippen molar-refractivity contribution in [1.29, 1.82) is 0 Å². The fourth-order valence-corrected chi connectivity index (χ4v) is 5.26. The molecule has 3 aromatic carbocycles. The average Bonchev–Trinajstić information content (AvgIpc) is 3.09. The van der Waals surface area contributed by atoms with Crippen LogP contribution in [0.5, 0.6) is 5.75 Å². The number of hydrogen-bond donors (Lipinski definition) is 0. The Morgan fingerprint density at radius 1 is 0.958 bits per heavy atom. The standard InChI is InChI=1S/C22H18OSe/c1-23-18-13-11-16(12-14-18)15-20-19-9-5-6-10-21(19)24-22(20)17-7-3-2-4-8-17/h2-14H,15H2,1H3/i2D,3D,4D,7D,8D. The van der Waals surface area contributed by atoms with Gasteiger partial charge in [-0.1, -0.05) is 0 Å². The van der Waals surface area contributed by atoms with Gasteiger partial charge in [-0.05, 0) is 0 Å². The van der Waals surface area contributed by atoms with E-state index in [1.165, 1.54) is 4.26 Å².